The van der Waals surface area contributed by atoms with Crippen LogP contribution in [0.3, 0.4) is 0 Å². The van der Waals surface area contributed by atoms with E-state index in [0.717, 1.165) is 28.4 Å². The molecule has 0 radical (unpaired) electrons. The molecule has 1 aromatic carbocycles. The van der Waals surface area contributed by atoms with Gasteiger partial charge >= 0.3 is 0 Å². The number of hydrogen-bond acceptors (Lipinski definition) is 4. The summed E-state index contributed by atoms with van der Waals surface area (Å²) in [5.74, 6) is 0.852. The molecule has 0 aliphatic rings. The lowest BCUT2D eigenvalue weighted by Gasteiger charge is -2.08. The normalized spacial score (nSPS) is 12.4. The molecule has 0 unspecified atom stereocenters. The van der Waals surface area contributed by atoms with Crippen molar-refractivity contribution in [3.8, 4) is 5.75 Å². The molecule has 96 valence electrons. The molecule has 0 bridgehead atoms. The Morgan fingerprint density at radius 2 is 2.06 bits per heavy atom. The maximum absolute atomic E-state index is 5.80. The number of rotatable bonds is 5. The van der Waals surface area contributed by atoms with Crippen molar-refractivity contribution >= 4 is 11.3 Å². The summed E-state index contributed by atoms with van der Waals surface area (Å²) >= 11 is 1.68. The summed E-state index contributed by atoms with van der Waals surface area (Å²) in [6.45, 7) is 4.60. The van der Waals surface area contributed by atoms with E-state index >= 15 is 0 Å². The van der Waals surface area contributed by atoms with Crippen molar-refractivity contribution < 1.29 is 4.74 Å². The first kappa shape index (κ1) is 13.1. The van der Waals surface area contributed by atoms with E-state index in [-0.39, 0.29) is 6.04 Å². The van der Waals surface area contributed by atoms with Gasteiger partial charge in [-0.2, -0.15) is 0 Å². The second kappa shape index (κ2) is 5.98. The third-order valence-electron chi connectivity index (χ3n) is 2.69. The predicted molar refractivity (Wildman–Crippen MR) is 74.9 cm³/mol. The molecule has 0 saturated heterocycles. The highest BCUT2D eigenvalue weighted by molar-refractivity contribution is 7.09. The standard InChI is InChI=1S/C14H18N2OS/c1-3-14-16-12(9-18-14)8-17-13-6-4-11(5-7-13)10(2)15/h4-7,9-10H,3,8,15H2,1-2H3/t10-/m0/s1. The molecule has 1 atom stereocenters. The van der Waals surface area contributed by atoms with Crippen LogP contribution in [0.1, 0.15) is 36.2 Å². The summed E-state index contributed by atoms with van der Waals surface area (Å²) in [5, 5.41) is 3.20. The molecule has 0 spiro atoms. The Morgan fingerprint density at radius 3 is 2.61 bits per heavy atom. The second-order valence-corrected chi connectivity index (χ2v) is 5.18. The number of nitrogens with zero attached hydrogens (tertiary/aromatic N) is 1. The minimum Gasteiger partial charge on any atom is -0.487 e. The topological polar surface area (TPSA) is 48.1 Å². The Balaban J connectivity index is 1.93. The molecule has 4 heteroatoms. The van der Waals surface area contributed by atoms with Gasteiger partial charge in [0.15, 0.2) is 0 Å². The number of thiazole rings is 1. The van der Waals surface area contributed by atoms with Gasteiger partial charge in [0.1, 0.15) is 12.4 Å². The van der Waals surface area contributed by atoms with Crippen LogP contribution in [0, 0.1) is 0 Å². The van der Waals surface area contributed by atoms with Crippen molar-refractivity contribution in [1.82, 2.24) is 4.98 Å². The van der Waals surface area contributed by atoms with Gasteiger partial charge in [0.2, 0.25) is 0 Å². The van der Waals surface area contributed by atoms with Gasteiger partial charge in [-0.1, -0.05) is 19.1 Å². The SMILES string of the molecule is CCc1nc(COc2ccc([C@H](C)N)cc2)cs1. The molecule has 0 amide bonds. The van der Waals surface area contributed by atoms with Gasteiger partial charge in [0, 0.05) is 11.4 Å². The van der Waals surface area contributed by atoms with Crippen LogP contribution >= 0.6 is 11.3 Å². The van der Waals surface area contributed by atoms with Crippen molar-refractivity contribution in [3.05, 3.63) is 45.9 Å². The molecule has 1 heterocycles. The van der Waals surface area contributed by atoms with Crippen molar-refractivity contribution in [2.75, 3.05) is 0 Å². The fourth-order valence-corrected chi connectivity index (χ4v) is 2.33. The molecule has 0 aliphatic heterocycles. The van der Waals surface area contributed by atoms with Crippen LogP contribution in [0.15, 0.2) is 29.6 Å². The third-order valence-corrected chi connectivity index (χ3v) is 3.74. The molecular weight excluding hydrogens is 244 g/mol. The highest BCUT2D eigenvalue weighted by atomic mass is 32.1. The first-order valence-electron chi connectivity index (χ1n) is 6.10. The smallest absolute Gasteiger partial charge is 0.131 e. The summed E-state index contributed by atoms with van der Waals surface area (Å²) in [4.78, 5) is 4.46. The van der Waals surface area contributed by atoms with E-state index in [2.05, 4.69) is 17.3 Å². The van der Waals surface area contributed by atoms with E-state index in [0.29, 0.717) is 6.61 Å². The van der Waals surface area contributed by atoms with Crippen molar-refractivity contribution in [2.45, 2.75) is 32.9 Å². The first-order chi connectivity index (χ1) is 8.69. The minimum atomic E-state index is 0.0599. The van der Waals surface area contributed by atoms with E-state index in [1.54, 1.807) is 11.3 Å². The largest absolute Gasteiger partial charge is 0.487 e. The Hall–Kier alpha value is -1.39. The Kier molecular flexibility index (Phi) is 4.33. The van der Waals surface area contributed by atoms with Gasteiger partial charge in [0.25, 0.3) is 0 Å². The first-order valence-corrected chi connectivity index (χ1v) is 6.98. The zero-order valence-electron chi connectivity index (χ0n) is 10.7. The highest BCUT2D eigenvalue weighted by Gasteiger charge is 2.02. The molecule has 3 nitrogen and oxygen atoms in total. The molecule has 1 aromatic heterocycles. The van der Waals surface area contributed by atoms with Crippen molar-refractivity contribution in [1.29, 1.82) is 0 Å². The van der Waals surface area contributed by atoms with Gasteiger partial charge in [-0.05, 0) is 31.0 Å². The zero-order chi connectivity index (χ0) is 13.0. The number of benzene rings is 1. The average molecular weight is 262 g/mol. The Morgan fingerprint density at radius 1 is 1.33 bits per heavy atom. The average Bonchev–Trinajstić information content (AvgIpc) is 2.85. The Bertz CT molecular complexity index is 491. The monoisotopic (exact) mass is 262 g/mol. The van der Waals surface area contributed by atoms with Crippen LogP contribution < -0.4 is 10.5 Å². The van der Waals surface area contributed by atoms with Crippen LogP contribution in [0.5, 0.6) is 5.75 Å². The molecule has 0 aliphatic carbocycles. The van der Waals surface area contributed by atoms with Crippen LogP contribution in [-0.4, -0.2) is 4.98 Å². The van der Waals surface area contributed by atoms with Gasteiger partial charge in [-0.25, -0.2) is 4.98 Å². The number of ether oxygens (including phenoxy) is 1. The van der Waals surface area contributed by atoms with Gasteiger partial charge in [-0.15, -0.1) is 11.3 Å². The molecule has 18 heavy (non-hydrogen) atoms. The summed E-state index contributed by atoms with van der Waals surface area (Å²) in [6, 6.07) is 7.96. The van der Waals surface area contributed by atoms with E-state index in [4.69, 9.17) is 10.5 Å². The molecular formula is C14H18N2OS. The zero-order valence-corrected chi connectivity index (χ0v) is 11.5. The summed E-state index contributed by atoms with van der Waals surface area (Å²) in [5.41, 5.74) is 7.91. The minimum absolute atomic E-state index is 0.0599. The van der Waals surface area contributed by atoms with Gasteiger partial charge in [-0.3, -0.25) is 0 Å². The molecule has 0 saturated carbocycles. The fraction of sp³-hybridized carbons (Fsp3) is 0.357. The van der Waals surface area contributed by atoms with Crippen molar-refractivity contribution in [3.63, 3.8) is 0 Å². The lowest BCUT2D eigenvalue weighted by molar-refractivity contribution is 0.302. The predicted octanol–water partition coefficient (Wildman–Crippen LogP) is 3.30. The van der Waals surface area contributed by atoms with Crippen molar-refractivity contribution in [2.24, 2.45) is 5.73 Å². The number of nitrogens with two attached hydrogens (primary N) is 1. The summed E-state index contributed by atoms with van der Waals surface area (Å²) < 4.78 is 5.69. The second-order valence-electron chi connectivity index (χ2n) is 4.23. The molecule has 2 rings (SSSR count). The summed E-state index contributed by atoms with van der Waals surface area (Å²) in [6.07, 6.45) is 0.980. The number of aromatic nitrogens is 1. The van der Waals surface area contributed by atoms with E-state index < -0.39 is 0 Å². The lowest BCUT2D eigenvalue weighted by Crippen LogP contribution is -2.04. The van der Waals surface area contributed by atoms with Crippen LogP contribution in [0.2, 0.25) is 0 Å². The van der Waals surface area contributed by atoms with E-state index in [1.165, 1.54) is 0 Å². The van der Waals surface area contributed by atoms with Crippen LogP contribution in [-0.2, 0) is 13.0 Å². The number of hydrogen-bond donors (Lipinski definition) is 1. The fourth-order valence-electron chi connectivity index (χ4n) is 1.60. The maximum Gasteiger partial charge on any atom is 0.131 e. The highest BCUT2D eigenvalue weighted by Crippen LogP contribution is 2.18. The lowest BCUT2D eigenvalue weighted by atomic mass is 10.1. The summed E-state index contributed by atoms with van der Waals surface area (Å²) in [7, 11) is 0. The van der Waals surface area contributed by atoms with E-state index in [1.807, 2.05) is 31.2 Å². The Labute approximate surface area is 112 Å². The molecule has 2 N–H and O–H groups in total. The maximum atomic E-state index is 5.80. The molecule has 2 aromatic rings. The molecule has 0 fully saturated rings. The van der Waals surface area contributed by atoms with Gasteiger partial charge < -0.3 is 10.5 Å². The number of aryl methyl sites for hydroxylation is 1. The van der Waals surface area contributed by atoms with Gasteiger partial charge in [0.05, 0.1) is 10.7 Å². The van der Waals surface area contributed by atoms with Crippen LogP contribution in [0.4, 0.5) is 0 Å². The quantitative estimate of drug-likeness (QED) is 0.899. The third kappa shape index (κ3) is 3.31. The van der Waals surface area contributed by atoms with Crippen LogP contribution in [0.25, 0.3) is 0 Å². The van der Waals surface area contributed by atoms with E-state index in [9.17, 15) is 0 Å².